The highest BCUT2D eigenvalue weighted by Crippen LogP contribution is 2.36. The Hall–Kier alpha value is -1.02. The second-order valence-electron chi connectivity index (χ2n) is 4.09. The van der Waals surface area contributed by atoms with Crippen molar-refractivity contribution in [3.8, 4) is 6.07 Å². The van der Waals surface area contributed by atoms with Crippen molar-refractivity contribution < 1.29 is 13.2 Å². The lowest BCUT2D eigenvalue weighted by Crippen LogP contribution is -2.44. The highest BCUT2D eigenvalue weighted by atomic mass is 19.4. The van der Waals surface area contributed by atoms with Gasteiger partial charge in [-0.2, -0.15) is 18.4 Å². The summed E-state index contributed by atoms with van der Waals surface area (Å²) in [5.74, 6) is 0. The van der Waals surface area contributed by atoms with E-state index in [0.29, 0.717) is 12.0 Å². The molecule has 2 aliphatic rings. The molecule has 2 atom stereocenters. The molecule has 0 aromatic carbocycles. The Bertz CT molecular complexity index is 327. The van der Waals surface area contributed by atoms with Crippen LogP contribution in [0, 0.1) is 11.3 Å². The molecular formula is C10H11F3N2. The van der Waals surface area contributed by atoms with Gasteiger partial charge in [0.25, 0.3) is 0 Å². The Morgan fingerprint density at radius 2 is 2.20 bits per heavy atom. The summed E-state index contributed by atoms with van der Waals surface area (Å²) in [6.45, 7) is -0.850. The van der Waals surface area contributed by atoms with E-state index in [2.05, 4.69) is 0 Å². The second-order valence-corrected chi connectivity index (χ2v) is 4.09. The molecule has 2 heterocycles. The van der Waals surface area contributed by atoms with Gasteiger partial charge in [-0.3, -0.25) is 4.90 Å². The zero-order valence-corrected chi connectivity index (χ0v) is 8.09. The molecule has 2 unspecified atom stereocenters. The molecule has 1 fully saturated rings. The fourth-order valence-corrected chi connectivity index (χ4v) is 2.45. The maximum absolute atomic E-state index is 12.3. The van der Waals surface area contributed by atoms with Crippen LogP contribution in [0.2, 0.25) is 0 Å². The molecule has 5 heteroatoms. The van der Waals surface area contributed by atoms with E-state index >= 15 is 0 Å². The molecule has 15 heavy (non-hydrogen) atoms. The fraction of sp³-hybridized carbons (Fsp3) is 0.700. The average molecular weight is 216 g/mol. The van der Waals surface area contributed by atoms with E-state index in [1.807, 2.05) is 6.07 Å². The van der Waals surface area contributed by atoms with E-state index in [1.165, 1.54) is 4.90 Å². The zero-order chi connectivity index (χ0) is 11.1. The number of alkyl halides is 3. The third-order valence-electron chi connectivity index (χ3n) is 3.05. The molecule has 1 saturated heterocycles. The molecule has 0 saturated carbocycles. The number of rotatable bonds is 1. The number of hydrogen-bond donors (Lipinski definition) is 0. The number of nitrogens with zero attached hydrogens (tertiary/aromatic N) is 2. The molecule has 0 N–H and O–H groups in total. The lowest BCUT2D eigenvalue weighted by Gasteiger charge is -2.32. The van der Waals surface area contributed by atoms with Gasteiger partial charge in [0, 0.05) is 17.7 Å². The maximum atomic E-state index is 12.3. The van der Waals surface area contributed by atoms with Crippen molar-refractivity contribution in [2.45, 2.75) is 37.5 Å². The van der Waals surface area contributed by atoms with E-state index in [-0.39, 0.29) is 12.1 Å². The van der Waals surface area contributed by atoms with Crippen LogP contribution in [0.3, 0.4) is 0 Å². The number of fused-ring (bicyclic) bond motifs is 2. The number of nitriles is 1. The summed E-state index contributed by atoms with van der Waals surface area (Å²) in [7, 11) is 0. The molecular weight excluding hydrogens is 205 g/mol. The van der Waals surface area contributed by atoms with Gasteiger partial charge in [-0.15, -0.1) is 0 Å². The van der Waals surface area contributed by atoms with Gasteiger partial charge < -0.3 is 0 Å². The van der Waals surface area contributed by atoms with Crippen LogP contribution in [0.15, 0.2) is 11.6 Å². The average Bonchev–Trinajstić information content (AvgIpc) is 2.37. The van der Waals surface area contributed by atoms with Crippen LogP contribution >= 0.6 is 0 Å². The number of halogens is 3. The van der Waals surface area contributed by atoms with Crippen LogP contribution in [-0.4, -0.2) is 29.7 Å². The summed E-state index contributed by atoms with van der Waals surface area (Å²) < 4.78 is 36.8. The van der Waals surface area contributed by atoms with E-state index in [1.54, 1.807) is 6.08 Å². The van der Waals surface area contributed by atoms with Crippen molar-refractivity contribution >= 4 is 0 Å². The van der Waals surface area contributed by atoms with Crippen LogP contribution in [0.5, 0.6) is 0 Å². The predicted octanol–water partition coefficient (Wildman–Crippen LogP) is 2.24. The summed E-state index contributed by atoms with van der Waals surface area (Å²) in [5, 5.41) is 8.71. The van der Waals surface area contributed by atoms with Gasteiger partial charge in [0.1, 0.15) is 0 Å². The lowest BCUT2D eigenvalue weighted by molar-refractivity contribution is -0.150. The largest absolute Gasteiger partial charge is 0.401 e. The number of hydrogen-bond acceptors (Lipinski definition) is 2. The molecule has 0 radical (unpaired) electrons. The van der Waals surface area contributed by atoms with Crippen LogP contribution in [0.4, 0.5) is 13.2 Å². The summed E-state index contributed by atoms with van der Waals surface area (Å²) in [5.41, 5.74) is 0.640. The van der Waals surface area contributed by atoms with Crippen molar-refractivity contribution in [2.24, 2.45) is 0 Å². The highest BCUT2D eigenvalue weighted by molar-refractivity contribution is 5.28. The fourth-order valence-electron chi connectivity index (χ4n) is 2.45. The second kappa shape index (κ2) is 3.53. The topological polar surface area (TPSA) is 27.0 Å². The Morgan fingerprint density at radius 1 is 1.47 bits per heavy atom. The molecule has 0 amide bonds. The third-order valence-corrected chi connectivity index (χ3v) is 3.05. The quantitative estimate of drug-likeness (QED) is 0.672. The molecule has 2 aliphatic heterocycles. The predicted molar refractivity (Wildman–Crippen MR) is 47.9 cm³/mol. The maximum Gasteiger partial charge on any atom is 0.401 e. The summed E-state index contributed by atoms with van der Waals surface area (Å²) >= 11 is 0. The summed E-state index contributed by atoms with van der Waals surface area (Å²) in [6.07, 6.45) is -0.467. The zero-order valence-electron chi connectivity index (χ0n) is 8.09. The molecule has 2 bridgehead atoms. The molecule has 0 aromatic heterocycles. The van der Waals surface area contributed by atoms with Gasteiger partial charge in [-0.1, -0.05) is 6.08 Å². The van der Waals surface area contributed by atoms with Crippen molar-refractivity contribution in [2.75, 3.05) is 6.54 Å². The molecule has 82 valence electrons. The van der Waals surface area contributed by atoms with Crippen LogP contribution in [-0.2, 0) is 0 Å². The normalized spacial score (nSPS) is 31.2. The first-order chi connectivity index (χ1) is 6.99. The van der Waals surface area contributed by atoms with Crippen molar-refractivity contribution in [3.63, 3.8) is 0 Å². The van der Waals surface area contributed by atoms with E-state index in [0.717, 1.165) is 12.8 Å². The minimum atomic E-state index is -4.14. The van der Waals surface area contributed by atoms with Gasteiger partial charge in [0.05, 0.1) is 12.6 Å². The van der Waals surface area contributed by atoms with Crippen molar-refractivity contribution in [1.82, 2.24) is 4.90 Å². The van der Waals surface area contributed by atoms with Gasteiger partial charge in [-0.25, -0.2) is 0 Å². The van der Waals surface area contributed by atoms with Crippen molar-refractivity contribution in [3.05, 3.63) is 11.6 Å². The first-order valence-electron chi connectivity index (χ1n) is 4.93. The van der Waals surface area contributed by atoms with E-state index in [4.69, 9.17) is 5.26 Å². The molecule has 0 spiro atoms. The molecule has 2 nitrogen and oxygen atoms in total. The van der Waals surface area contributed by atoms with E-state index in [9.17, 15) is 13.2 Å². The Balaban J connectivity index is 2.12. The van der Waals surface area contributed by atoms with Crippen LogP contribution in [0.1, 0.15) is 19.3 Å². The minimum Gasteiger partial charge on any atom is -0.285 e. The standard InChI is InChI=1S/C10H11F3N2/c11-10(12,13)6-15-8-1-2-9(15)4-7(3-8)5-14/h3,8-9H,1-2,4,6H2. The monoisotopic (exact) mass is 216 g/mol. The van der Waals surface area contributed by atoms with E-state index < -0.39 is 12.7 Å². The lowest BCUT2D eigenvalue weighted by atomic mass is 10.0. The molecule has 0 aliphatic carbocycles. The summed E-state index contributed by atoms with van der Waals surface area (Å²) in [6, 6.07) is 1.77. The molecule has 0 aromatic rings. The first-order valence-corrected chi connectivity index (χ1v) is 4.93. The Kier molecular flexibility index (Phi) is 2.47. The van der Waals surface area contributed by atoms with Crippen molar-refractivity contribution in [1.29, 1.82) is 5.26 Å². The molecule has 2 rings (SSSR count). The highest BCUT2D eigenvalue weighted by Gasteiger charge is 2.42. The SMILES string of the molecule is N#CC1=CC2CCC(C1)N2CC(F)(F)F. The Labute approximate surface area is 86.0 Å². The summed E-state index contributed by atoms with van der Waals surface area (Å²) in [4.78, 5) is 1.47. The first kappa shape index (κ1) is 10.5. The Morgan fingerprint density at radius 3 is 2.73 bits per heavy atom. The van der Waals surface area contributed by atoms with Gasteiger partial charge in [0.15, 0.2) is 0 Å². The van der Waals surface area contributed by atoms with Gasteiger partial charge >= 0.3 is 6.18 Å². The van der Waals surface area contributed by atoms with Gasteiger partial charge in [0.2, 0.25) is 0 Å². The minimum absolute atomic E-state index is 0.0868. The van der Waals surface area contributed by atoms with Crippen LogP contribution in [0.25, 0.3) is 0 Å². The van der Waals surface area contributed by atoms with Gasteiger partial charge in [-0.05, 0) is 19.3 Å². The van der Waals surface area contributed by atoms with Crippen LogP contribution < -0.4 is 0 Å². The third kappa shape index (κ3) is 2.15. The smallest absolute Gasteiger partial charge is 0.285 e.